The smallest absolute Gasteiger partial charge is 0.326 e. The Bertz CT molecular complexity index is 548. The predicted octanol–water partition coefficient (Wildman–Crippen LogP) is -0.486. The molecule has 0 fully saturated rings. The first kappa shape index (κ1) is 25.6. The molecule has 162 valence electrons. The van der Waals surface area contributed by atoms with E-state index in [4.69, 9.17) is 17.2 Å². The Labute approximate surface area is 166 Å². The highest BCUT2D eigenvalue weighted by Crippen LogP contribution is 2.10. The normalized spacial score (nSPS) is 15.2. The third-order valence-electron chi connectivity index (χ3n) is 4.46. The maximum absolute atomic E-state index is 12.6. The molecule has 0 aliphatic heterocycles. The number of nitrogens with one attached hydrogen (secondary N) is 2. The van der Waals surface area contributed by atoms with Crippen molar-refractivity contribution < 1.29 is 19.5 Å². The van der Waals surface area contributed by atoms with Gasteiger partial charge in [-0.05, 0) is 31.1 Å². The lowest BCUT2D eigenvalue weighted by Gasteiger charge is -2.25. The molecule has 0 radical (unpaired) electrons. The fourth-order valence-electron chi connectivity index (χ4n) is 2.52. The highest BCUT2D eigenvalue weighted by Gasteiger charge is 2.29. The van der Waals surface area contributed by atoms with Crippen LogP contribution in [-0.4, -0.2) is 53.5 Å². The number of carboxylic acids is 1. The number of hydrogen-bond donors (Lipinski definition) is 6. The molecule has 0 heterocycles. The first-order valence-corrected chi connectivity index (χ1v) is 9.64. The fraction of sp³-hybridized carbons (Fsp3) is 0.778. The highest BCUT2D eigenvalue weighted by atomic mass is 16.4. The van der Waals surface area contributed by atoms with E-state index in [0.717, 1.165) is 6.42 Å². The Morgan fingerprint density at radius 1 is 1.04 bits per heavy atom. The number of nitrogens with zero attached hydrogens (tertiary/aromatic N) is 1. The summed E-state index contributed by atoms with van der Waals surface area (Å²) in [6.07, 6.45) is 1.64. The zero-order chi connectivity index (χ0) is 21.9. The number of aliphatic imine (C=N–C) groups is 1. The number of hydrogen-bond acceptors (Lipinski definition) is 5. The van der Waals surface area contributed by atoms with Crippen molar-refractivity contribution >= 4 is 23.7 Å². The average molecular weight is 401 g/mol. The van der Waals surface area contributed by atoms with Crippen LogP contribution in [0.1, 0.15) is 53.4 Å². The molecule has 4 unspecified atom stereocenters. The molecule has 9 N–H and O–H groups in total. The summed E-state index contributed by atoms with van der Waals surface area (Å²) in [4.78, 5) is 40.2. The summed E-state index contributed by atoms with van der Waals surface area (Å²) in [7, 11) is 0. The number of amides is 2. The van der Waals surface area contributed by atoms with Crippen molar-refractivity contribution in [3.8, 4) is 0 Å². The quantitative estimate of drug-likeness (QED) is 0.137. The molecule has 28 heavy (non-hydrogen) atoms. The van der Waals surface area contributed by atoms with Crippen molar-refractivity contribution in [1.29, 1.82) is 0 Å². The SMILES string of the molecule is CCC(C)C(N)C(=O)NC(CC(C)C)C(=O)NC(CCCN=C(N)N)C(=O)O. The van der Waals surface area contributed by atoms with Gasteiger partial charge in [-0.25, -0.2) is 4.79 Å². The Morgan fingerprint density at radius 3 is 2.07 bits per heavy atom. The third kappa shape index (κ3) is 10.1. The minimum absolute atomic E-state index is 0.0370. The predicted molar refractivity (Wildman–Crippen MR) is 108 cm³/mol. The molecule has 0 rings (SSSR count). The molecule has 0 saturated carbocycles. The first-order valence-electron chi connectivity index (χ1n) is 9.64. The fourth-order valence-corrected chi connectivity index (χ4v) is 2.52. The van der Waals surface area contributed by atoms with Crippen molar-refractivity contribution in [3.05, 3.63) is 0 Å². The molecule has 2 amide bonds. The van der Waals surface area contributed by atoms with Crippen molar-refractivity contribution in [2.24, 2.45) is 34.0 Å². The molecule has 0 aliphatic rings. The van der Waals surface area contributed by atoms with Gasteiger partial charge >= 0.3 is 5.97 Å². The van der Waals surface area contributed by atoms with E-state index in [2.05, 4.69) is 15.6 Å². The minimum atomic E-state index is -1.16. The number of carboxylic acid groups (broad SMARTS) is 1. The van der Waals surface area contributed by atoms with E-state index in [1.807, 2.05) is 27.7 Å². The van der Waals surface area contributed by atoms with Crippen molar-refractivity contribution in [3.63, 3.8) is 0 Å². The van der Waals surface area contributed by atoms with Gasteiger partial charge in [0.2, 0.25) is 11.8 Å². The summed E-state index contributed by atoms with van der Waals surface area (Å²) in [5, 5.41) is 14.5. The molecule has 4 atom stereocenters. The molecule has 10 nitrogen and oxygen atoms in total. The molecule has 0 saturated heterocycles. The maximum Gasteiger partial charge on any atom is 0.326 e. The number of carbonyl (C=O) groups is 3. The van der Waals surface area contributed by atoms with Gasteiger partial charge in [0.15, 0.2) is 5.96 Å². The van der Waals surface area contributed by atoms with Crippen LogP contribution < -0.4 is 27.8 Å². The topological polar surface area (TPSA) is 186 Å². The van der Waals surface area contributed by atoms with E-state index in [0.29, 0.717) is 12.8 Å². The van der Waals surface area contributed by atoms with Crippen LogP contribution in [0.15, 0.2) is 4.99 Å². The highest BCUT2D eigenvalue weighted by molar-refractivity contribution is 5.91. The first-order chi connectivity index (χ1) is 13.0. The Balaban J connectivity index is 5.02. The van der Waals surface area contributed by atoms with Gasteiger partial charge in [0.25, 0.3) is 0 Å². The van der Waals surface area contributed by atoms with Crippen LogP contribution in [-0.2, 0) is 14.4 Å². The molecule has 0 bridgehead atoms. The van der Waals surface area contributed by atoms with Crippen molar-refractivity contribution in [2.75, 3.05) is 6.54 Å². The summed E-state index contributed by atoms with van der Waals surface area (Å²) in [5.41, 5.74) is 16.4. The van der Waals surface area contributed by atoms with Crippen LogP contribution in [0, 0.1) is 11.8 Å². The monoisotopic (exact) mass is 400 g/mol. The third-order valence-corrected chi connectivity index (χ3v) is 4.46. The summed E-state index contributed by atoms with van der Waals surface area (Å²) in [6, 6.07) is -2.69. The second-order valence-corrected chi connectivity index (χ2v) is 7.45. The molecule has 10 heteroatoms. The van der Waals surface area contributed by atoms with Gasteiger partial charge < -0.3 is 32.9 Å². The summed E-state index contributed by atoms with van der Waals surface area (Å²) in [6.45, 7) is 7.86. The number of aliphatic carboxylic acids is 1. The summed E-state index contributed by atoms with van der Waals surface area (Å²) in [5.74, 6) is -2.13. The molecule has 0 aliphatic carbocycles. The molecular formula is C18H36N6O4. The molecule has 0 spiro atoms. The lowest BCUT2D eigenvalue weighted by Crippen LogP contribution is -2.55. The van der Waals surface area contributed by atoms with Gasteiger partial charge in [0, 0.05) is 6.54 Å². The van der Waals surface area contributed by atoms with Crippen LogP contribution in [0.5, 0.6) is 0 Å². The van der Waals surface area contributed by atoms with Crippen LogP contribution in [0.3, 0.4) is 0 Å². The van der Waals surface area contributed by atoms with Gasteiger partial charge in [0.1, 0.15) is 12.1 Å². The molecule has 0 aromatic heterocycles. The Hall–Kier alpha value is -2.36. The van der Waals surface area contributed by atoms with E-state index >= 15 is 0 Å². The zero-order valence-electron chi connectivity index (χ0n) is 17.3. The van der Waals surface area contributed by atoms with Crippen LogP contribution in [0.4, 0.5) is 0 Å². The van der Waals surface area contributed by atoms with Crippen LogP contribution >= 0.6 is 0 Å². The Kier molecular flexibility index (Phi) is 11.8. The van der Waals surface area contributed by atoms with Crippen LogP contribution in [0.2, 0.25) is 0 Å². The average Bonchev–Trinajstić information content (AvgIpc) is 2.61. The van der Waals surface area contributed by atoms with E-state index in [1.165, 1.54) is 0 Å². The lowest BCUT2D eigenvalue weighted by molar-refractivity contribution is -0.142. The largest absolute Gasteiger partial charge is 0.480 e. The second-order valence-electron chi connectivity index (χ2n) is 7.45. The van der Waals surface area contributed by atoms with Gasteiger partial charge in [-0.2, -0.15) is 0 Å². The molecule has 0 aromatic rings. The van der Waals surface area contributed by atoms with Crippen LogP contribution in [0.25, 0.3) is 0 Å². The standard InChI is InChI=1S/C18H36N6O4/c1-5-11(4)14(19)16(26)24-13(9-10(2)3)15(25)23-12(17(27)28)7-6-8-22-18(20)21/h10-14H,5-9,19H2,1-4H3,(H,23,25)(H,24,26)(H,27,28)(H4,20,21,22). The number of guanidine groups is 1. The van der Waals surface area contributed by atoms with E-state index in [-0.39, 0.29) is 30.8 Å². The van der Waals surface area contributed by atoms with E-state index in [1.54, 1.807) is 0 Å². The van der Waals surface area contributed by atoms with Gasteiger partial charge in [-0.3, -0.25) is 14.6 Å². The maximum atomic E-state index is 12.6. The van der Waals surface area contributed by atoms with Crippen molar-refractivity contribution in [1.82, 2.24) is 10.6 Å². The number of rotatable bonds is 13. The second kappa shape index (κ2) is 12.9. The lowest BCUT2D eigenvalue weighted by atomic mass is 9.97. The van der Waals surface area contributed by atoms with Gasteiger partial charge in [0.05, 0.1) is 6.04 Å². The number of carbonyl (C=O) groups excluding carboxylic acids is 2. The zero-order valence-corrected chi connectivity index (χ0v) is 17.3. The molecular weight excluding hydrogens is 364 g/mol. The van der Waals surface area contributed by atoms with Crippen molar-refractivity contribution in [2.45, 2.75) is 71.5 Å². The molecule has 0 aromatic carbocycles. The Morgan fingerprint density at radius 2 is 1.61 bits per heavy atom. The van der Waals surface area contributed by atoms with Gasteiger partial charge in [-0.1, -0.05) is 34.1 Å². The van der Waals surface area contributed by atoms with E-state index in [9.17, 15) is 19.5 Å². The minimum Gasteiger partial charge on any atom is -0.480 e. The summed E-state index contributed by atoms with van der Waals surface area (Å²) >= 11 is 0. The van der Waals surface area contributed by atoms with E-state index < -0.39 is 35.9 Å². The number of nitrogens with two attached hydrogens (primary N) is 3. The van der Waals surface area contributed by atoms with Gasteiger partial charge in [-0.15, -0.1) is 0 Å². The summed E-state index contributed by atoms with van der Waals surface area (Å²) < 4.78 is 0.